The molecule has 5 rings (SSSR count). The van der Waals surface area contributed by atoms with Crippen LogP contribution < -0.4 is 15.4 Å². The van der Waals surface area contributed by atoms with Crippen LogP contribution in [0, 0.1) is 11.7 Å². The van der Waals surface area contributed by atoms with E-state index in [0.717, 1.165) is 24.3 Å². The van der Waals surface area contributed by atoms with E-state index < -0.39 is 58.7 Å². The van der Waals surface area contributed by atoms with Crippen LogP contribution in [0.1, 0.15) is 49.1 Å². The van der Waals surface area contributed by atoms with E-state index >= 15 is 0 Å². The number of methoxy groups -OCH3 is 1. The number of carbonyl (C=O) groups excluding carboxylic acids is 2. The van der Waals surface area contributed by atoms with Gasteiger partial charge in [-0.2, -0.15) is 26.3 Å². The molecule has 1 aliphatic rings. The van der Waals surface area contributed by atoms with E-state index in [-0.39, 0.29) is 37.9 Å². The molecule has 0 spiro atoms. The van der Waals surface area contributed by atoms with E-state index in [1.54, 1.807) is 6.07 Å². The summed E-state index contributed by atoms with van der Waals surface area (Å²) in [4.78, 5) is 37.8. The number of aliphatic carboxylic acids is 1. The molecule has 2 unspecified atom stereocenters. The molecule has 2 atom stereocenters. The summed E-state index contributed by atoms with van der Waals surface area (Å²) in [7, 11) is 1.28. The van der Waals surface area contributed by atoms with Crippen molar-refractivity contribution >= 4 is 50.6 Å². The Morgan fingerprint density at radius 2 is 1.64 bits per heavy atom. The molecule has 15 heteroatoms. The smallest absolute Gasteiger partial charge is 0.419 e. The summed E-state index contributed by atoms with van der Waals surface area (Å²) in [5.41, 5.74) is -2.92. The van der Waals surface area contributed by atoms with Gasteiger partial charge >= 0.3 is 18.3 Å². The first-order chi connectivity index (χ1) is 20.6. The number of anilines is 2. The lowest BCUT2D eigenvalue weighted by Gasteiger charge is -2.13. The maximum Gasteiger partial charge on any atom is 0.419 e. The van der Waals surface area contributed by atoms with E-state index in [9.17, 15) is 50.2 Å². The standard InChI is InChI=1S/C29H19F7N2O5S/c1-43-21-7-2-12(16-11-17(16)27(41)42)8-18(21)25(39)38-23-15-5-3-13(28(31,32)33)9-22(15)44-24(23)26(40)37-14-4-6-20(30)19(10-14)29(34,35)36/h2-10,16-17H,11H2,1H3,(H,37,40)(H,38,39)(H,41,42). The third-order valence-corrected chi connectivity index (χ3v) is 8.15. The zero-order chi connectivity index (χ0) is 32.1. The minimum absolute atomic E-state index is 0.0276. The number of ether oxygens (including phenoxy) is 1. The molecule has 44 heavy (non-hydrogen) atoms. The van der Waals surface area contributed by atoms with Gasteiger partial charge in [0, 0.05) is 15.8 Å². The van der Waals surface area contributed by atoms with Crippen molar-refractivity contribution in [2.45, 2.75) is 24.7 Å². The number of thiophene rings is 1. The summed E-state index contributed by atoms with van der Waals surface area (Å²) in [6.07, 6.45) is -9.46. The van der Waals surface area contributed by atoms with Gasteiger partial charge < -0.3 is 20.5 Å². The number of amides is 2. The van der Waals surface area contributed by atoms with Gasteiger partial charge in [0.2, 0.25) is 0 Å². The van der Waals surface area contributed by atoms with Gasteiger partial charge in [0.15, 0.2) is 0 Å². The van der Waals surface area contributed by atoms with Gasteiger partial charge in [0.25, 0.3) is 11.8 Å². The molecule has 2 amide bonds. The van der Waals surface area contributed by atoms with E-state index in [1.165, 1.54) is 19.2 Å². The number of alkyl halides is 6. The number of carboxylic acid groups (broad SMARTS) is 1. The Balaban J connectivity index is 1.54. The molecule has 1 aliphatic carbocycles. The van der Waals surface area contributed by atoms with Crippen LogP contribution in [0.4, 0.5) is 42.1 Å². The lowest BCUT2D eigenvalue weighted by atomic mass is 10.0. The van der Waals surface area contributed by atoms with Crippen LogP contribution in [-0.4, -0.2) is 30.0 Å². The second-order valence-electron chi connectivity index (χ2n) is 9.86. The van der Waals surface area contributed by atoms with Crippen LogP contribution in [0.2, 0.25) is 0 Å². The molecule has 1 heterocycles. The number of nitrogens with one attached hydrogen (secondary N) is 2. The van der Waals surface area contributed by atoms with E-state index in [0.29, 0.717) is 35.5 Å². The summed E-state index contributed by atoms with van der Waals surface area (Å²) in [6.45, 7) is 0. The molecule has 0 aliphatic heterocycles. The van der Waals surface area contributed by atoms with E-state index in [4.69, 9.17) is 4.74 Å². The van der Waals surface area contributed by atoms with Gasteiger partial charge in [-0.15, -0.1) is 11.3 Å². The van der Waals surface area contributed by atoms with Crippen LogP contribution in [0.25, 0.3) is 10.1 Å². The molecule has 4 aromatic rings. The molecule has 1 fully saturated rings. The highest BCUT2D eigenvalue weighted by atomic mass is 32.1. The summed E-state index contributed by atoms with van der Waals surface area (Å²) in [6, 6.07) is 8.71. The van der Waals surface area contributed by atoms with Gasteiger partial charge in [-0.05, 0) is 60.4 Å². The summed E-state index contributed by atoms with van der Waals surface area (Å²) in [5, 5.41) is 14.0. The van der Waals surface area contributed by atoms with Crippen molar-refractivity contribution in [1.82, 2.24) is 0 Å². The molecule has 3 aromatic carbocycles. The summed E-state index contributed by atoms with van der Waals surface area (Å²) < 4.78 is 98.8. The van der Waals surface area contributed by atoms with Gasteiger partial charge in [0.05, 0.1) is 35.4 Å². The third-order valence-electron chi connectivity index (χ3n) is 7.00. The highest BCUT2D eigenvalue weighted by molar-refractivity contribution is 7.21. The van der Waals surface area contributed by atoms with Crippen LogP contribution >= 0.6 is 11.3 Å². The Hall–Kier alpha value is -4.66. The molecule has 3 N–H and O–H groups in total. The minimum atomic E-state index is -5.08. The third kappa shape index (κ3) is 6.04. The number of fused-ring (bicyclic) bond motifs is 1. The van der Waals surface area contributed by atoms with Crippen molar-refractivity contribution < 1.29 is 55.0 Å². The number of rotatable bonds is 7. The average Bonchev–Trinajstić information content (AvgIpc) is 3.68. The van der Waals surface area contributed by atoms with E-state index in [1.807, 2.05) is 0 Å². The molecular weight excluding hydrogens is 621 g/mol. The fourth-order valence-corrected chi connectivity index (χ4v) is 5.81. The van der Waals surface area contributed by atoms with Crippen molar-refractivity contribution in [3.8, 4) is 5.75 Å². The Labute approximate surface area is 247 Å². The first-order valence-corrected chi connectivity index (χ1v) is 13.4. The average molecular weight is 641 g/mol. The lowest BCUT2D eigenvalue weighted by Crippen LogP contribution is -2.18. The molecule has 230 valence electrons. The van der Waals surface area contributed by atoms with Crippen LogP contribution in [0.5, 0.6) is 5.75 Å². The monoisotopic (exact) mass is 640 g/mol. The molecule has 0 radical (unpaired) electrons. The second kappa shape index (κ2) is 11.1. The zero-order valence-corrected chi connectivity index (χ0v) is 23.0. The Morgan fingerprint density at radius 3 is 2.25 bits per heavy atom. The summed E-state index contributed by atoms with van der Waals surface area (Å²) >= 11 is 0.544. The lowest BCUT2D eigenvalue weighted by molar-refractivity contribution is -0.140. The topological polar surface area (TPSA) is 105 Å². The van der Waals surface area contributed by atoms with E-state index in [2.05, 4.69) is 10.6 Å². The number of halogens is 7. The minimum Gasteiger partial charge on any atom is -0.496 e. The SMILES string of the molecule is COc1ccc(C2CC2C(=O)O)cc1C(=O)Nc1c(C(=O)Nc2ccc(F)c(C(F)(F)F)c2)sc2cc(C(F)(F)F)ccc12. The maximum atomic E-state index is 13.8. The molecular formula is C29H19F7N2O5S. The fourth-order valence-electron chi connectivity index (χ4n) is 4.72. The number of benzene rings is 3. The predicted octanol–water partition coefficient (Wildman–Crippen LogP) is 7.78. The maximum absolute atomic E-state index is 13.8. The van der Waals surface area contributed by atoms with Crippen molar-refractivity contribution in [2.75, 3.05) is 17.7 Å². The Kier molecular flexibility index (Phi) is 7.78. The second-order valence-corrected chi connectivity index (χ2v) is 10.9. The van der Waals surface area contributed by atoms with Crippen molar-refractivity contribution in [3.63, 3.8) is 0 Å². The number of carboxylic acids is 1. The van der Waals surface area contributed by atoms with Crippen LogP contribution in [-0.2, 0) is 17.1 Å². The normalized spacial score (nSPS) is 16.5. The van der Waals surface area contributed by atoms with Gasteiger partial charge in [-0.25, -0.2) is 4.39 Å². The number of hydrogen-bond donors (Lipinski definition) is 3. The molecule has 0 bridgehead atoms. The molecule has 0 saturated heterocycles. The van der Waals surface area contributed by atoms with Gasteiger partial charge in [-0.3, -0.25) is 14.4 Å². The largest absolute Gasteiger partial charge is 0.496 e. The van der Waals surface area contributed by atoms with Crippen molar-refractivity contribution in [2.24, 2.45) is 5.92 Å². The Bertz CT molecular complexity index is 1820. The fraction of sp³-hybridized carbons (Fsp3) is 0.207. The van der Waals surface area contributed by atoms with Gasteiger partial charge in [-0.1, -0.05) is 12.1 Å². The molecule has 1 saturated carbocycles. The van der Waals surface area contributed by atoms with Crippen LogP contribution in [0.15, 0.2) is 54.6 Å². The zero-order valence-electron chi connectivity index (χ0n) is 22.2. The molecule has 7 nitrogen and oxygen atoms in total. The van der Waals surface area contributed by atoms with Crippen molar-refractivity contribution in [1.29, 1.82) is 0 Å². The number of carbonyl (C=O) groups is 3. The highest BCUT2D eigenvalue weighted by Crippen LogP contribution is 2.48. The first-order valence-electron chi connectivity index (χ1n) is 12.6. The summed E-state index contributed by atoms with van der Waals surface area (Å²) in [5.74, 6) is -5.44. The number of hydrogen-bond acceptors (Lipinski definition) is 5. The highest BCUT2D eigenvalue weighted by Gasteiger charge is 2.44. The Morgan fingerprint density at radius 1 is 0.909 bits per heavy atom. The van der Waals surface area contributed by atoms with Gasteiger partial charge in [0.1, 0.15) is 16.4 Å². The molecule has 1 aromatic heterocycles. The first kappa shape index (κ1) is 30.8. The van der Waals surface area contributed by atoms with Crippen molar-refractivity contribution in [3.05, 3.63) is 87.5 Å². The van der Waals surface area contributed by atoms with Crippen LogP contribution in [0.3, 0.4) is 0 Å². The predicted molar refractivity (Wildman–Crippen MR) is 146 cm³/mol. The quantitative estimate of drug-likeness (QED) is 0.179.